The quantitative estimate of drug-likeness (QED) is 0.228. The smallest absolute Gasteiger partial charge is 0.420 e. The average Bonchev–Trinajstić information content (AvgIpc) is 3.65. The molecule has 3 aromatic carbocycles. The number of fused-ring (bicyclic) bond motifs is 1. The standard InChI is InChI=1S/C30H27F4N5O2/c1-29(12-6-9-23(29)40)35-15-17-13-20(30(32,33)34)26-22(14-17)37-28(41-26)25-21(31)11-10-19(18-7-4-3-5-8-18)24(25)27-38-36-16-39(27)2/h3-5,7-8,10-11,13-14,16,23,35,40H,6,9,12,15H2,1-2H3. The third-order valence-corrected chi connectivity index (χ3v) is 7.85. The van der Waals surface area contributed by atoms with Gasteiger partial charge in [-0.25, -0.2) is 9.37 Å². The Morgan fingerprint density at radius 2 is 1.90 bits per heavy atom. The zero-order chi connectivity index (χ0) is 28.9. The van der Waals surface area contributed by atoms with E-state index in [1.54, 1.807) is 17.7 Å². The van der Waals surface area contributed by atoms with Gasteiger partial charge in [0.25, 0.3) is 0 Å². The molecule has 5 aromatic rings. The van der Waals surface area contributed by atoms with Crippen LogP contribution in [0.1, 0.15) is 37.3 Å². The highest BCUT2D eigenvalue weighted by molar-refractivity contribution is 5.92. The number of hydrogen-bond donors (Lipinski definition) is 2. The zero-order valence-corrected chi connectivity index (χ0v) is 22.3. The molecular weight excluding hydrogens is 538 g/mol. The predicted octanol–water partition coefficient (Wildman–Crippen LogP) is 6.51. The lowest BCUT2D eigenvalue weighted by Crippen LogP contribution is -2.47. The second-order valence-electron chi connectivity index (χ2n) is 10.7. The third-order valence-electron chi connectivity index (χ3n) is 7.85. The van der Waals surface area contributed by atoms with Crippen LogP contribution < -0.4 is 5.32 Å². The normalized spacial score (nSPS) is 19.3. The molecule has 0 bridgehead atoms. The van der Waals surface area contributed by atoms with E-state index in [-0.39, 0.29) is 23.5 Å². The first-order valence-electron chi connectivity index (χ1n) is 13.2. The molecular formula is C30H27F4N5O2. The Morgan fingerprint density at radius 1 is 1.12 bits per heavy atom. The molecule has 1 fully saturated rings. The first-order valence-corrected chi connectivity index (χ1v) is 13.2. The molecule has 0 aliphatic heterocycles. The maximum Gasteiger partial charge on any atom is 0.420 e. The maximum atomic E-state index is 15.7. The van der Waals surface area contributed by atoms with Crippen LogP contribution in [0.15, 0.2) is 65.3 Å². The van der Waals surface area contributed by atoms with Crippen molar-refractivity contribution in [2.45, 2.75) is 50.6 Å². The Hall–Kier alpha value is -4.09. The molecule has 41 heavy (non-hydrogen) atoms. The topological polar surface area (TPSA) is 89.0 Å². The van der Waals surface area contributed by atoms with Crippen LogP contribution in [0.2, 0.25) is 0 Å². The number of aryl methyl sites for hydroxylation is 1. The Balaban J connectivity index is 1.53. The summed E-state index contributed by atoms with van der Waals surface area (Å²) < 4.78 is 65.8. The van der Waals surface area contributed by atoms with Gasteiger partial charge in [-0.3, -0.25) is 0 Å². The number of rotatable bonds is 6. The van der Waals surface area contributed by atoms with E-state index >= 15 is 4.39 Å². The number of nitrogens with one attached hydrogen (secondary N) is 1. The molecule has 2 heterocycles. The molecule has 2 unspecified atom stereocenters. The van der Waals surface area contributed by atoms with Gasteiger partial charge in [0.05, 0.1) is 11.7 Å². The van der Waals surface area contributed by atoms with E-state index < -0.39 is 34.8 Å². The maximum absolute atomic E-state index is 15.7. The van der Waals surface area contributed by atoms with Crippen molar-refractivity contribution in [3.05, 3.63) is 77.9 Å². The molecule has 0 amide bonds. The van der Waals surface area contributed by atoms with Crippen LogP contribution in [0.3, 0.4) is 0 Å². The summed E-state index contributed by atoms with van der Waals surface area (Å²) in [7, 11) is 1.69. The second-order valence-corrected chi connectivity index (χ2v) is 10.7. The van der Waals surface area contributed by atoms with Crippen molar-refractivity contribution in [2.75, 3.05) is 0 Å². The van der Waals surface area contributed by atoms with Gasteiger partial charge >= 0.3 is 6.18 Å². The highest BCUT2D eigenvalue weighted by Gasteiger charge is 2.38. The number of aromatic nitrogens is 4. The summed E-state index contributed by atoms with van der Waals surface area (Å²) in [5.41, 5.74) is -0.337. The summed E-state index contributed by atoms with van der Waals surface area (Å²) in [6.07, 6.45) is -1.73. The lowest BCUT2D eigenvalue weighted by atomic mass is 9.94. The van der Waals surface area contributed by atoms with Crippen LogP contribution in [0.25, 0.3) is 45.1 Å². The Bertz CT molecular complexity index is 1730. The number of aliphatic hydroxyl groups excluding tert-OH is 1. The highest BCUT2D eigenvalue weighted by atomic mass is 19.4. The zero-order valence-electron chi connectivity index (χ0n) is 22.3. The second kappa shape index (κ2) is 10.1. The van der Waals surface area contributed by atoms with Crippen LogP contribution in [-0.4, -0.2) is 36.5 Å². The molecule has 1 aliphatic carbocycles. The number of hydrogen-bond acceptors (Lipinski definition) is 6. The van der Waals surface area contributed by atoms with Gasteiger partial charge in [0.1, 0.15) is 23.2 Å². The van der Waals surface area contributed by atoms with Gasteiger partial charge < -0.3 is 19.4 Å². The van der Waals surface area contributed by atoms with Gasteiger partial charge in [0.15, 0.2) is 11.4 Å². The highest BCUT2D eigenvalue weighted by Crippen LogP contribution is 2.43. The lowest BCUT2D eigenvalue weighted by molar-refractivity contribution is -0.136. The minimum Gasteiger partial charge on any atom is -0.435 e. The van der Waals surface area contributed by atoms with Crippen molar-refractivity contribution in [3.8, 4) is 34.0 Å². The van der Waals surface area contributed by atoms with Crippen molar-refractivity contribution in [1.82, 2.24) is 25.1 Å². The average molecular weight is 566 g/mol. The molecule has 0 saturated heterocycles. The van der Waals surface area contributed by atoms with Crippen LogP contribution in [0.5, 0.6) is 0 Å². The summed E-state index contributed by atoms with van der Waals surface area (Å²) in [6.45, 7) is 1.94. The number of alkyl halides is 3. The molecule has 6 rings (SSSR count). The summed E-state index contributed by atoms with van der Waals surface area (Å²) in [6, 6.07) is 14.5. The first-order chi connectivity index (χ1) is 19.5. The van der Waals surface area contributed by atoms with Gasteiger partial charge in [-0.05, 0) is 61.1 Å². The number of aliphatic hydroxyl groups is 1. The van der Waals surface area contributed by atoms with Gasteiger partial charge in [0.2, 0.25) is 5.89 Å². The summed E-state index contributed by atoms with van der Waals surface area (Å²) in [5, 5.41) is 21.7. The minimum atomic E-state index is -4.75. The fourth-order valence-corrected chi connectivity index (χ4v) is 5.55. The molecule has 0 radical (unpaired) electrons. The Kier molecular flexibility index (Phi) is 6.66. The SMILES string of the molecule is Cn1cnnc1-c1c(-c2ccccc2)ccc(F)c1-c1nc2cc(CNC3(C)CCCC3O)cc(C(F)(F)F)c2o1. The number of halogens is 4. The third kappa shape index (κ3) is 4.89. The minimum absolute atomic E-state index is 0.0582. The number of benzene rings is 3. The molecule has 7 nitrogen and oxygen atoms in total. The molecule has 2 aromatic heterocycles. The molecule has 1 saturated carbocycles. The van der Waals surface area contributed by atoms with E-state index in [0.717, 1.165) is 18.1 Å². The summed E-state index contributed by atoms with van der Waals surface area (Å²) in [4.78, 5) is 4.38. The van der Waals surface area contributed by atoms with E-state index in [1.165, 1.54) is 18.5 Å². The van der Waals surface area contributed by atoms with Crippen LogP contribution in [-0.2, 0) is 19.8 Å². The first kappa shape index (κ1) is 27.1. The van der Waals surface area contributed by atoms with E-state index in [9.17, 15) is 18.3 Å². The molecule has 2 N–H and O–H groups in total. The van der Waals surface area contributed by atoms with E-state index in [0.29, 0.717) is 35.4 Å². The van der Waals surface area contributed by atoms with Crippen molar-refractivity contribution in [2.24, 2.45) is 7.05 Å². The van der Waals surface area contributed by atoms with Crippen LogP contribution in [0, 0.1) is 5.82 Å². The Labute approximate surface area is 232 Å². The molecule has 212 valence electrons. The van der Waals surface area contributed by atoms with Crippen LogP contribution in [0.4, 0.5) is 17.6 Å². The van der Waals surface area contributed by atoms with E-state index in [1.807, 2.05) is 37.3 Å². The fourth-order valence-electron chi connectivity index (χ4n) is 5.55. The number of oxazole rings is 1. The molecule has 2 atom stereocenters. The molecule has 1 aliphatic rings. The van der Waals surface area contributed by atoms with Gasteiger partial charge in [-0.2, -0.15) is 13.2 Å². The van der Waals surface area contributed by atoms with Gasteiger partial charge in [-0.1, -0.05) is 36.4 Å². The molecule has 0 spiro atoms. The van der Waals surface area contributed by atoms with Gasteiger partial charge in [-0.15, -0.1) is 10.2 Å². The summed E-state index contributed by atoms with van der Waals surface area (Å²) >= 11 is 0. The van der Waals surface area contributed by atoms with E-state index in [2.05, 4.69) is 20.5 Å². The van der Waals surface area contributed by atoms with E-state index in [4.69, 9.17) is 4.42 Å². The van der Waals surface area contributed by atoms with Crippen molar-refractivity contribution < 1.29 is 27.1 Å². The van der Waals surface area contributed by atoms with Crippen molar-refractivity contribution in [1.29, 1.82) is 0 Å². The predicted molar refractivity (Wildman–Crippen MR) is 145 cm³/mol. The monoisotopic (exact) mass is 565 g/mol. The van der Waals surface area contributed by atoms with Crippen molar-refractivity contribution >= 4 is 11.1 Å². The van der Waals surface area contributed by atoms with Crippen LogP contribution >= 0.6 is 0 Å². The lowest BCUT2D eigenvalue weighted by Gasteiger charge is -2.29. The number of nitrogens with zero attached hydrogens (tertiary/aromatic N) is 4. The Morgan fingerprint density at radius 3 is 2.56 bits per heavy atom. The van der Waals surface area contributed by atoms with Gasteiger partial charge in [0, 0.05) is 24.7 Å². The largest absolute Gasteiger partial charge is 0.435 e. The molecule has 11 heteroatoms. The summed E-state index contributed by atoms with van der Waals surface area (Å²) in [5.74, 6) is -0.736. The fraction of sp³-hybridized carbons (Fsp3) is 0.300. The van der Waals surface area contributed by atoms with Crippen molar-refractivity contribution in [3.63, 3.8) is 0 Å².